The van der Waals surface area contributed by atoms with Crippen LogP contribution in [-0.2, 0) is 11.3 Å². The highest BCUT2D eigenvalue weighted by molar-refractivity contribution is 5.68. The molecule has 0 aromatic carbocycles. The summed E-state index contributed by atoms with van der Waals surface area (Å²) in [7, 11) is 0. The van der Waals surface area contributed by atoms with Crippen molar-refractivity contribution < 1.29 is 9.53 Å². The SMILES string of the molecule is CC(c1ccc2nc(CN)cn2c1)C(NC(=O)OC(C)(C)C)C1CCCCC1. The van der Waals surface area contributed by atoms with Crippen molar-refractivity contribution in [2.75, 3.05) is 0 Å². The predicted octanol–water partition coefficient (Wildman–Crippen LogP) is 4.37. The molecule has 1 fully saturated rings. The summed E-state index contributed by atoms with van der Waals surface area (Å²) < 4.78 is 7.58. The third-order valence-corrected chi connectivity index (χ3v) is 5.64. The highest BCUT2D eigenvalue weighted by atomic mass is 16.6. The zero-order valence-electron chi connectivity index (χ0n) is 17.6. The molecule has 1 saturated carbocycles. The van der Waals surface area contributed by atoms with Gasteiger partial charge in [0.2, 0.25) is 0 Å². The Morgan fingerprint density at radius 3 is 2.64 bits per heavy atom. The molecule has 0 spiro atoms. The number of pyridine rings is 1. The standard InChI is InChI=1S/C22H34N4O2/c1-15(17-10-11-19-24-18(12-23)14-26(19)13-17)20(16-8-6-5-7-9-16)25-21(27)28-22(2,3)4/h10-11,13-16,20H,5-9,12,23H2,1-4H3,(H,25,27). The van der Waals surface area contributed by atoms with Gasteiger partial charge in [-0.3, -0.25) is 0 Å². The van der Waals surface area contributed by atoms with Crippen LogP contribution >= 0.6 is 0 Å². The van der Waals surface area contributed by atoms with Gasteiger partial charge in [-0.1, -0.05) is 32.3 Å². The van der Waals surface area contributed by atoms with Crippen LogP contribution in [0.3, 0.4) is 0 Å². The molecule has 0 aliphatic heterocycles. The van der Waals surface area contributed by atoms with Crippen LogP contribution in [0.5, 0.6) is 0 Å². The number of ether oxygens (including phenoxy) is 1. The number of nitrogens with one attached hydrogen (secondary N) is 1. The van der Waals surface area contributed by atoms with E-state index < -0.39 is 5.60 Å². The first-order valence-corrected chi connectivity index (χ1v) is 10.4. The summed E-state index contributed by atoms with van der Waals surface area (Å²) in [5.74, 6) is 0.637. The molecule has 2 unspecified atom stereocenters. The third-order valence-electron chi connectivity index (χ3n) is 5.64. The van der Waals surface area contributed by atoms with Crippen LogP contribution in [0.4, 0.5) is 4.79 Å². The molecule has 0 radical (unpaired) electrons. The molecule has 2 aromatic heterocycles. The van der Waals surface area contributed by atoms with Gasteiger partial charge in [-0.15, -0.1) is 0 Å². The van der Waals surface area contributed by atoms with E-state index in [-0.39, 0.29) is 18.1 Å². The molecule has 0 bridgehead atoms. The number of rotatable bonds is 5. The summed E-state index contributed by atoms with van der Waals surface area (Å²) in [5, 5.41) is 3.20. The van der Waals surface area contributed by atoms with Crippen molar-refractivity contribution in [1.82, 2.24) is 14.7 Å². The van der Waals surface area contributed by atoms with Gasteiger partial charge in [0.25, 0.3) is 0 Å². The molecule has 3 N–H and O–H groups in total. The second kappa shape index (κ2) is 8.52. The van der Waals surface area contributed by atoms with Crippen molar-refractivity contribution in [2.45, 2.75) is 83.9 Å². The van der Waals surface area contributed by atoms with Gasteiger partial charge in [-0.2, -0.15) is 0 Å². The molecule has 0 saturated heterocycles. The molecule has 154 valence electrons. The minimum absolute atomic E-state index is 0.0464. The number of carbonyl (C=O) groups excluding carboxylic acids is 1. The first-order chi connectivity index (χ1) is 13.3. The zero-order valence-corrected chi connectivity index (χ0v) is 17.6. The van der Waals surface area contributed by atoms with Gasteiger partial charge in [0, 0.05) is 30.9 Å². The lowest BCUT2D eigenvalue weighted by Crippen LogP contribution is -2.46. The van der Waals surface area contributed by atoms with E-state index in [1.165, 1.54) is 24.8 Å². The molecule has 3 rings (SSSR count). The van der Waals surface area contributed by atoms with Crippen LogP contribution in [0.15, 0.2) is 24.5 Å². The van der Waals surface area contributed by atoms with E-state index in [2.05, 4.69) is 29.5 Å². The molecule has 1 amide bonds. The van der Waals surface area contributed by atoms with Crippen LogP contribution in [0, 0.1) is 5.92 Å². The summed E-state index contributed by atoms with van der Waals surface area (Å²) in [5.41, 5.74) is 8.17. The fourth-order valence-corrected chi connectivity index (χ4v) is 4.22. The maximum atomic E-state index is 12.5. The molecular weight excluding hydrogens is 352 g/mol. The van der Waals surface area contributed by atoms with Gasteiger partial charge in [0.1, 0.15) is 11.2 Å². The summed E-state index contributed by atoms with van der Waals surface area (Å²) in [6.45, 7) is 8.31. The average molecular weight is 387 g/mol. The van der Waals surface area contributed by atoms with E-state index >= 15 is 0 Å². The molecule has 6 heteroatoms. The van der Waals surface area contributed by atoms with E-state index in [0.717, 1.165) is 24.2 Å². The fraction of sp³-hybridized carbons (Fsp3) is 0.636. The normalized spacial score (nSPS) is 18.0. The highest BCUT2D eigenvalue weighted by Crippen LogP contribution is 2.34. The average Bonchev–Trinajstić information content (AvgIpc) is 3.07. The van der Waals surface area contributed by atoms with Crippen molar-refractivity contribution in [1.29, 1.82) is 0 Å². The summed E-state index contributed by atoms with van der Waals surface area (Å²) in [6.07, 6.45) is 9.79. The van der Waals surface area contributed by atoms with Crippen LogP contribution in [0.2, 0.25) is 0 Å². The van der Waals surface area contributed by atoms with Crippen molar-refractivity contribution >= 4 is 11.7 Å². The van der Waals surface area contributed by atoms with Crippen molar-refractivity contribution in [3.63, 3.8) is 0 Å². The summed E-state index contributed by atoms with van der Waals surface area (Å²) in [6, 6.07) is 4.18. The smallest absolute Gasteiger partial charge is 0.407 e. The van der Waals surface area contributed by atoms with Gasteiger partial charge in [0.15, 0.2) is 0 Å². The maximum Gasteiger partial charge on any atom is 0.407 e. The Morgan fingerprint density at radius 2 is 2.00 bits per heavy atom. The van der Waals surface area contributed by atoms with Crippen LogP contribution in [0.25, 0.3) is 5.65 Å². The Morgan fingerprint density at radius 1 is 1.29 bits per heavy atom. The molecular formula is C22H34N4O2. The van der Waals surface area contributed by atoms with Crippen molar-refractivity contribution in [2.24, 2.45) is 11.7 Å². The van der Waals surface area contributed by atoms with E-state index in [1.807, 2.05) is 37.4 Å². The Kier molecular flexibility index (Phi) is 6.28. The van der Waals surface area contributed by atoms with Crippen LogP contribution in [0.1, 0.15) is 77.0 Å². The number of alkyl carbamates (subject to hydrolysis) is 1. The van der Waals surface area contributed by atoms with E-state index in [0.29, 0.717) is 12.5 Å². The minimum atomic E-state index is -0.501. The zero-order chi connectivity index (χ0) is 20.3. The molecule has 1 aliphatic carbocycles. The number of hydrogen-bond acceptors (Lipinski definition) is 4. The number of fused-ring (bicyclic) bond motifs is 1. The van der Waals surface area contributed by atoms with Crippen molar-refractivity contribution in [3.05, 3.63) is 35.8 Å². The van der Waals surface area contributed by atoms with Crippen molar-refractivity contribution in [3.8, 4) is 0 Å². The van der Waals surface area contributed by atoms with E-state index in [9.17, 15) is 4.79 Å². The number of hydrogen-bond donors (Lipinski definition) is 2. The van der Waals surface area contributed by atoms with Gasteiger partial charge in [-0.05, 0) is 51.2 Å². The van der Waals surface area contributed by atoms with E-state index in [4.69, 9.17) is 10.5 Å². The molecule has 6 nitrogen and oxygen atoms in total. The molecule has 2 aromatic rings. The highest BCUT2D eigenvalue weighted by Gasteiger charge is 2.32. The lowest BCUT2D eigenvalue weighted by atomic mass is 9.77. The number of nitrogens with zero attached hydrogens (tertiary/aromatic N) is 2. The van der Waals surface area contributed by atoms with Gasteiger partial charge < -0.3 is 20.2 Å². The molecule has 2 heterocycles. The largest absolute Gasteiger partial charge is 0.444 e. The Hall–Kier alpha value is -2.08. The molecule has 1 aliphatic rings. The molecule has 28 heavy (non-hydrogen) atoms. The quantitative estimate of drug-likeness (QED) is 0.799. The maximum absolute atomic E-state index is 12.5. The number of aromatic nitrogens is 2. The van der Waals surface area contributed by atoms with Crippen LogP contribution < -0.4 is 11.1 Å². The Bertz CT molecular complexity index is 802. The van der Waals surface area contributed by atoms with Crippen LogP contribution in [-0.4, -0.2) is 27.1 Å². The number of imidazole rings is 1. The first-order valence-electron chi connectivity index (χ1n) is 10.4. The van der Waals surface area contributed by atoms with Gasteiger partial charge in [0.05, 0.1) is 5.69 Å². The third kappa shape index (κ3) is 5.04. The van der Waals surface area contributed by atoms with Gasteiger partial charge in [-0.25, -0.2) is 9.78 Å². The fourth-order valence-electron chi connectivity index (χ4n) is 4.22. The Balaban J connectivity index is 1.84. The lowest BCUT2D eigenvalue weighted by molar-refractivity contribution is 0.0466. The monoisotopic (exact) mass is 386 g/mol. The second-order valence-electron chi connectivity index (χ2n) is 9.02. The second-order valence-corrected chi connectivity index (χ2v) is 9.02. The number of amides is 1. The summed E-state index contributed by atoms with van der Waals surface area (Å²) in [4.78, 5) is 17.0. The number of carbonyl (C=O) groups is 1. The van der Waals surface area contributed by atoms with E-state index in [1.54, 1.807) is 0 Å². The van der Waals surface area contributed by atoms with Gasteiger partial charge >= 0.3 is 6.09 Å². The number of nitrogens with two attached hydrogens (primary N) is 1. The predicted molar refractivity (Wildman–Crippen MR) is 111 cm³/mol. The lowest BCUT2D eigenvalue weighted by Gasteiger charge is -2.35. The minimum Gasteiger partial charge on any atom is -0.444 e. The Labute approximate surface area is 167 Å². The summed E-state index contributed by atoms with van der Waals surface area (Å²) >= 11 is 0. The first kappa shape index (κ1) is 20.6. The molecule has 2 atom stereocenters. The topological polar surface area (TPSA) is 81.6 Å².